The number of carbonyl (C=O) groups is 2. The van der Waals surface area contributed by atoms with E-state index in [9.17, 15) is 9.59 Å². The first-order chi connectivity index (χ1) is 8.93. The fourth-order valence-electron chi connectivity index (χ4n) is 1.65. The molecule has 1 aromatic rings. The Kier molecular flexibility index (Phi) is 5.43. The number of rotatable bonds is 7. The molecule has 0 fully saturated rings. The molecule has 0 aliphatic rings. The van der Waals surface area contributed by atoms with Gasteiger partial charge in [-0.1, -0.05) is 19.1 Å². The van der Waals surface area contributed by atoms with E-state index >= 15 is 0 Å². The van der Waals surface area contributed by atoms with Gasteiger partial charge in [0.15, 0.2) is 5.69 Å². The second kappa shape index (κ2) is 6.83. The van der Waals surface area contributed by atoms with Gasteiger partial charge in [-0.3, -0.25) is 14.3 Å². The number of carbonyl (C=O) groups excluding carboxylic acids is 2. The van der Waals surface area contributed by atoms with Gasteiger partial charge in [-0.2, -0.15) is 0 Å². The fourth-order valence-corrected chi connectivity index (χ4v) is 1.65. The lowest BCUT2D eigenvalue weighted by Gasteiger charge is -2.21. The third-order valence-corrected chi connectivity index (χ3v) is 2.34. The zero-order chi connectivity index (χ0) is 14.4. The van der Waals surface area contributed by atoms with Crippen molar-refractivity contribution < 1.29 is 9.59 Å². The third-order valence-electron chi connectivity index (χ3n) is 2.34. The van der Waals surface area contributed by atoms with Crippen LogP contribution in [0.15, 0.2) is 6.20 Å². The maximum absolute atomic E-state index is 12.2. The highest BCUT2D eigenvalue weighted by atomic mass is 16.2. The summed E-state index contributed by atoms with van der Waals surface area (Å²) in [5.41, 5.74) is 10.7. The van der Waals surface area contributed by atoms with Crippen LogP contribution in [0.25, 0.3) is 0 Å². The molecule has 0 bridgehead atoms. The Bertz CT molecular complexity index is 442. The normalized spacial score (nSPS) is 10.7. The molecule has 8 heteroatoms. The molecule has 8 nitrogen and oxygen atoms in total. The molecule has 0 spiro atoms. The minimum absolute atomic E-state index is 0.124. The van der Waals surface area contributed by atoms with Crippen LogP contribution < -0.4 is 11.5 Å². The smallest absolute Gasteiger partial charge is 0.276 e. The molecule has 2 amide bonds. The van der Waals surface area contributed by atoms with Crippen molar-refractivity contribution in [3.63, 3.8) is 0 Å². The summed E-state index contributed by atoms with van der Waals surface area (Å²) in [4.78, 5) is 24.6. The summed E-state index contributed by atoms with van der Waals surface area (Å²) in [6, 6.07) is 0. The summed E-state index contributed by atoms with van der Waals surface area (Å²) in [5.74, 6) is -0.679. The van der Waals surface area contributed by atoms with Crippen molar-refractivity contribution in [3.05, 3.63) is 11.9 Å². The Labute approximate surface area is 111 Å². The monoisotopic (exact) mass is 268 g/mol. The number of primary amides is 1. The van der Waals surface area contributed by atoms with E-state index in [0.717, 1.165) is 0 Å². The predicted octanol–water partition coefficient (Wildman–Crippen LogP) is -1.18. The molecule has 4 N–H and O–H groups in total. The number of nitrogens with zero attached hydrogens (tertiary/aromatic N) is 4. The molecule has 0 saturated heterocycles. The number of nitrogens with two attached hydrogens (primary N) is 2. The minimum atomic E-state index is -0.552. The van der Waals surface area contributed by atoms with E-state index in [4.69, 9.17) is 11.5 Å². The van der Waals surface area contributed by atoms with Gasteiger partial charge in [0.05, 0.1) is 19.3 Å². The zero-order valence-corrected chi connectivity index (χ0v) is 11.2. The van der Waals surface area contributed by atoms with E-state index in [0.29, 0.717) is 19.6 Å². The molecule has 1 heterocycles. The summed E-state index contributed by atoms with van der Waals surface area (Å²) in [7, 11) is 0. The summed E-state index contributed by atoms with van der Waals surface area (Å²) in [6.45, 7) is 5.11. The van der Waals surface area contributed by atoms with Crippen LogP contribution in [-0.2, 0) is 11.3 Å². The maximum Gasteiger partial charge on any atom is 0.276 e. The van der Waals surface area contributed by atoms with Crippen LogP contribution in [-0.4, -0.2) is 51.3 Å². The number of hydrogen-bond donors (Lipinski definition) is 2. The van der Waals surface area contributed by atoms with Gasteiger partial charge in [-0.25, -0.2) is 0 Å². The third kappa shape index (κ3) is 4.66. The maximum atomic E-state index is 12.2. The Morgan fingerprint density at radius 1 is 1.47 bits per heavy atom. The number of amides is 2. The largest absolute Gasteiger partial charge is 0.368 e. The molecule has 0 radical (unpaired) electrons. The highest BCUT2D eigenvalue weighted by molar-refractivity contribution is 5.94. The molecule has 0 saturated carbocycles. The van der Waals surface area contributed by atoms with Crippen LogP contribution in [0.3, 0.4) is 0 Å². The first-order valence-electron chi connectivity index (χ1n) is 6.11. The topological polar surface area (TPSA) is 120 Å². The summed E-state index contributed by atoms with van der Waals surface area (Å²) in [5, 5.41) is 7.57. The summed E-state index contributed by atoms with van der Waals surface area (Å²) >= 11 is 0. The van der Waals surface area contributed by atoms with Gasteiger partial charge in [0, 0.05) is 13.1 Å². The molecule has 0 unspecified atom stereocenters. The number of aromatic nitrogens is 3. The Morgan fingerprint density at radius 3 is 2.68 bits per heavy atom. The first-order valence-corrected chi connectivity index (χ1v) is 6.11. The molecule has 0 aliphatic heterocycles. The molecule has 106 valence electrons. The molecule has 0 aromatic carbocycles. The quantitative estimate of drug-likeness (QED) is 0.645. The van der Waals surface area contributed by atoms with Crippen molar-refractivity contribution in [3.8, 4) is 0 Å². The van der Waals surface area contributed by atoms with Crippen molar-refractivity contribution >= 4 is 11.8 Å². The Morgan fingerprint density at radius 2 is 2.16 bits per heavy atom. The van der Waals surface area contributed by atoms with Crippen molar-refractivity contribution in [1.29, 1.82) is 0 Å². The van der Waals surface area contributed by atoms with Gasteiger partial charge in [-0.05, 0) is 5.92 Å². The van der Waals surface area contributed by atoms with Gasteiger partial charge >= 0.3 is 0 Å². The molecule has 0 atom stereocenters. The summed E-state index contributed by atoms with van der Waals surface area (Å²) in [6.07, 6.45) is 1.52. The van der Waals surface area contributed by atoms with Gasteiger partial charge in [0.1, 0.15) is 0 Å². The Balaban J connectivity index is 2.81. The van der Waals surface area contributed by atoms with Gasteiger partial charge in [0.25, 0.3) is 5.91 Å². The lowest BCUT2D eigenvalue weighted by molar-refractivity contribution is -0.118. The predicted molar refractivity (Wildman–Crippen MR) is 69.0 cm³/mol. The minimum Gasteiger partial charge on any atom is -0.368 e. The highest BCUT2D eigenvalue weighted by Gasteiger charge is 2.21. The first kappa shape index (κ1) is 15.1. The molecule has 0 aliphatic carbocycles. The van der Waals surface area contributed by atoms with Crippen LogP contribution in [0.1, 0.15) is 24.3 Å². The van der Waals surface area contributed by atoms with Crippen molar-refractivity contribution in [1.82, 2.24) is 19.9 Å². The average Bonchev–Trinajstić information content (AvgIpc) is 2.75. The lowest BCUT2D eigenvalue weighted by Crippen LogP contribution is -2.40. The highest BCUT2D eigenvalue weighted by Crippen LogP contribution is 2.05. The van der Waals surface area contributed by atoms with Gasteiger partial charge < -0.3 is 16.4 Å². The van der Waals surface area contributed by atoms with E-state index in [1.165, 1.54) is 15.8 Å². The van der Waals surface area contributed by atoms with E-state index in [1.807, 2.05) is 13.8 Å². The van der Waals surface area contributed by atoms with Crippen LogP contribution in [0, 0.1) is 5.92 Å². The van der Waals surface area contributed by atoms with Gasteiger partial charge in [0.2, 0.25) is 5.91 Å². The lowest BCUT2D eigenvalue weighted by atomic mass is 10.2. The van der Waals surface area contributed by atoms with Crippen LogP contribution >= 0.6 is 0 Å². The fraction of sp³-hybridized carbons (Fsp3) is 0.636. The van der Waals surface area contributed by atoms with E-state index in [1.54, 1.807) is 0 Å². The summed E-state index contributed by atoms with van der Waals surface area (Å²) < 4.78 is 1.49. The van der Waals surface area contributed by atoms with Crippen molar-refractivity contribution in [2.45, 2.75) is 20.4 Å². The van der Waals surface area contributed by atoms with Crippen LogP contribution in [0.2, 0.25) is 0 Å². The average molecular weight is 268 g/mol. The standard InChI is InChI=1S/C11H20N6O2/c1-8(2)5-16(7-10(13)18)11(19)9-6-17(4-3-12)15-14-9/h6,8H,3-5,7,12H2,1-2H3,(H2,13,18). The number of hydrogen-bond acceptors (Lipinski definition) is 5. The second-order valence-corrected chi connectivity index (χ2v) is 4.70. The zero-order valence-electron chi connectivity index (χ0n) is 11.2. The van der Waals surface area contributed by atoms with E-state index in [2.05, 4.69) is 10.3 Å². The van der Waals surface area contributed by atoms with E-state index in [-0.39, 0.29) is 24.1 Å². The molecular weight excluding hydrogens is 248 g/mol. The van der Waals surface area contributed by atoms with Crippen molar-refractivity contribution in [2.24, 2.45) is 17.4 Å². The van der Waals surface area contributed by atoms with Crippen LogP contribution in [0.5, 0.6) is 0 Å². The molecule has 1 aromatic heterocycles. The van der Waals surface area contributed by atoms with E-state index < -0.39 is 5.91 Å². The van der Waals surface area contributed by atoms with Crippen LogP contribution in [0.4, 0.5) is 0 Å². The second-order valence-electron chi connectivity index (χ2n) is 4.70. The van der Waals surface area contributed by atoms with Crippen molar-refractivity contribution in [2.75, 3.05) is 19.6 Å². The Hall–Kier alpha value is -1.96. The molecule has 19 heavy (non-hydrogen) atoms. The molecular formula is C11H20N6O2. The molecule has 1 rings (SSSR count). The SMILES string of the molecule is CC(C)CN(CC(N)=O)C(=O)c1cn(CCN)nn1. The van der Waals surface area contributed by atoms with Gasteiger partial charge in [-0.15, -0.1) is 5.10 Å².